The lowest BCUT2D eigenvalue weighted by atomic mass is 10.1. The minimum atomic E-state index is -0.268. The lowest BCUT2D eigenvalue weighted by molar-refractivity contribution is 0.599. The number of aromatic nitrogens is 4. The molecule has 0 unspecified atom stereocenters. The number of nitrogens with one attached hydrogen (secondary N) is 1. The summed E-state index contributed by atoms with van der Waals surface area (Å²) in [7, 11) is 0. The van der Waals surface area contributed by atoms with E-state index in [0.717, 1.165) is 18.7 Å². The maximum absolute atomic E-state index is 13.6. The summed E-state index contributed by atoms with van der Waals surface area (Å²) in [6, 6.07) is 4.75. The molecule has 1 aromatic heterocycles. The monoisotopic (exact) mass is 249 g/mol. The first-order valence-corrected chi connectivity index (χ1v) is 5.93. The first kappa shape index (κ1) is 12.5. The molecule has 0 aliphatic heterocycles. The standard InChI is InChI=1S/C12H16FN5/c1-9(2)5-6-14-12-7-10(3-4-11(12)13)18-8-15-16-17-18/h3-4,7-9,14H,5-6H2,1-2H3. The van der Waals surface area contributed by atoms with Crippen molar-refractivity contribution in [1.82, 2.24) is 20.2 Å². The zero-order chi connectivity index (χ0) is 13.0. The lowest BCUT2D eigenvalue weighted by Gasteiger charge is -2.10. The van der Waals surface area contributed by atoms with E-state index in [0.29, 0.717) is 11.6 Å². The van der Waals surface area contributed by atoms with Crippen molar-refractivity contribution in [1.29, 1.82) is 0 Å². The van der Waals surface area contributed by atoms with Crippen LogP contribution in [-0.2, 0) is 0 Å². The molecule has 1 heterocycles. The molecule has 0 radical (unpaired) electrons. The van der Waals surface area contributed by atoms with Gasteiger partial charge in [0.25, 0.3) is 0 Å². The number of hydrogen-bond donors (Lipinski definition) is 1. The summed E-state index contributed by atoms with van der Waals surface area (Å²) in [5.41, 5.74) is 1.21. The molecule has 0 saturated carbocycles. The molecule has 0 bridgehead atoms. The Morgan fingerprint density at radius 1 is 1.39 bits per heavy atom. The molecule has 0 aliphatic carbocycles. The van der Waals surface area contributed by atoms with Gasteiger partial charge in [0, 0.05) is 6.54 Å². The Balaban J connectivity index is 2.12. The van der Waals surface area contributed by atoms with E-state index in [1.807, 2.05) is 0 Å². The van der Waals surface area contributed by atoms with Crippen molar-refractivity contribution >= 4 is 5.69 Å². The van der Waals surface area contributed by atoms with Gasteiger partial charge < -0.3 is 5.32 Å². The predicted molar refractivity (Wildman–Crippen MR) is 67.1 cm³/mol. The molecule has 18 heavy (non-hydrogen) atoms. The zero-order valence-corrected chi connectivity index (χ0v) is 10.5. The SMILES string of the molecule is CC(C)CCNc1cc(-n2cnnn2)ccc1F. The van der Waals surface area contributed by atoms with Gasteiger partial charge in [0.15, 0.2) is 0 Å². The number of halogens is 1. The van der Waals surface area contributed by atoms with Crippen molar-refractivity contribution in [2.24, 2.45) is 5.92 Å². The molecule has 5 nitrogen and oxygen atoms in total. The maximum Gasteiger partial charge on any atom is 0.146 e. The minimum absolute atomic E-state index is 0.268. The molecule has 0 aliphatic rings. The van der Waals surface area contributed by atoms with Crippen LogP contribution in [0.5, 0.6) is 0 Å². The maximum atomic E-state index is 13.6. The van der Waals surface area contributed by atoms with Crippen LogP contribution in [0, 0.1) is 11.7 Å². The molecule has 1 N–H and O–H groups in total. The summed E-state index contributed by atoms with van der Waals surface area (Å²) in [5.74, 6) is 0.318. The van der Waals surface area contributed by atoms with Crippen LogP contribution in [0.4, 0.5) is 10.1 Å². The van der Waals surface area contributed by atoms with E-state index in [1.54, 1.807) is 12.1 Å². The molecule has 0 spiro atoms. The van der Waals surface area contributed by atoms with Crippen LogP contribution < -0.4 is 5.32 Å². The highest BCUT2D eigenvalue weighted by Gasteiger charge is 2.05. The van der Waals surface area contributed by atoms with Gasteiger partial charge in [-0.2, -0.15) is 0 Å². The van der Waals surface area contributed by atoms with Gasteiger partial charge >= 0.3 is 0 Å². The molecule has 2 aromatic rings. The van der Waals surface area contributed by atoms with Crippen molar-refractivity contribution in [3.8, 4) is 5.69 Å². The third kappa shape index (κ3) is 3.03. The Morgan fingerprint density at radius 3 is 2.89 bits per heavy atom. The second-order valence-corrected chi connectivity index (χ2v) is 4.53. The second-order valence-electron chi connectivity index (χ2n) is 4.53. The first-order chi connectivity index (χ1) is 8.66. The van der Waals surface area contributed by atoms with Gasteiger partial charge in [-0.3, -0.25) is 0 Å². The average molecular weight is 249 g/mol. The van der Waals surface area contributed by atoms with Crippen LogP contribution in [0.3, 0.4) is 0 Å². The van der Waals surface area contributed by atoms with Crippen LogP contribution in [0.25, 0.3) is 5.69 Å². The Morgan fingerprint density at radius 2 is 2.22 bits per heavy atom. The van der Waals surface area contributed by atoms with Gasteiger partial charge in [-0.05, 0) is 41.0 Å². The predicted octanol–water partition coefficient (Wildman–Crippen LogP) is 2.26. The topological polar surface area (TPSA) is 55.6 Å². The normalized spacial score (nSPS) is 10.9. The summed E-state index contributed by atoms with van der Waals surface area (Å²) in [6.07, 6.45) is 2.47. The number of benzene rings is 1. The van der Waals surface area contributed by atoms with Crippen LogP contribution in [-0.4, -0.2) is 26.8 Å². The summed E-state index contributed by atoms with van der Waals surface area (Å²) < 4.78 is 15.1. The van der Waals surface area contributed by atoms with Crippen molar-refractivity contribution < 1.29 is 4.39 Å². The Hall–Kier alpha value is -1.98. The fourth-order valence-electron chi connectivity index (χ4n) is 1.57. The van der Waals surface area contributed by atoms with Gasteiger partial charge in [-0.15, -0.1) is 5.10 Å². The van der Waals surface area contributed by atoms with Crippen LogP contribution in [0.2, 0.25) is 0 Å². The van der Waals surface area contributed by atoms with E-state index in [9.17, 15) is 4.39 Å². The van der Waals surface area contributed by atoms with E-state index in [2.05, 4.69) is 34.7 Å². The van der Waals surface area contributed by atoms with Crippen LogP contribution >= 0.6 is 0 Å². The molecular weight excluding hydrogens is 233 g/mol. The summed E-state index contributed by atoms with van der Waals surface area (Å²) in [5, 5.41) is 14.0. The Bertz CT molecular complexity index is 495. The van der Waals surface area contributed by atoms with Gasteiger partial charge in [0.05, 0.1) is 11.4 Å². The fourth-order valence-corrected chi connectivity index (χ4v) is 1.57. The highest BCUT2D eigenvalue weighted by molar-refractivity contribution is 5.51. The van der Waals surface area contributed by atoms with E-state index < -0.39 is 0 Å². The van der Waals surface area contributed by atoms with E-state index in [-0.39, 0.29) is 5.82 Å². The largest absolute Gasteiger partial charge is 0.383 e. The van der Waals surface area contributed by atoms with Crippen molar-refractivity contribution in [2.45, 2.75) is 20.3 Å². The zero-order valence-electron chi connectivity index (χ0n) is 10.5. The smallest absolute Gasteiger partial charge is 0.146 e. The molecule has 1 aromatic carbocycles. The van der Waals surface area contributed by atoms with Crippen LogP contribution in [0.1, 0.15) is 20.3 Å². The summed E-state index contributed by atoms with van der Waals surface area (Å²) >= 11 is 0. The van der Waals surface area contributed by atoms with Crippen molar-refractivity contribution in [3.05, 3.63) is 30.3 Å². The summed E-state index contributed by atoms with van der Waals surface area (Å²) in [6.45, 7) is 5.01. The quantitative estimate of drug-likeness (QED) is 0.883. The molecule has 0 amide bonds. The fraction of sp³-hybridized carbons (Fsp3) is 0.417. The highest BCUT2D eigenvalue weighted by atomic mass is 19.1. The molecule has 96 valence electrons. The van der Waals surface area contributed by atoms with Crippen LogP contribution in [0.15, 0.2) is 24.5 Å². The number of hydrogen-bond acceptors (Lipinski definition) is 4. The minimum Gasteiger partial charge on any atom is -0.383 e. The molecule has 0 saturated heterocycles. The Labute approximate surface area is 105 Å². The number of anilines is 1. The molecular formula is C12H16FN5. The molecule has 0 atom stereocenters. The second kappa shape index (κ2) is 5.57. The molecule has 2 rings (SSSR count). The third-order valence-electron chi connectivity index (χ3n) is 2.60. The number of rotatable bonds is 5. The average Bonchev–Trinajstić information content (AvgIpc) is 2.84. The van der Waals surface area contributed by atoms with Gasteiger partial charge in [0.2, 0.25) is 0 Å². The van der Waals surface area contributed by atoms with E-state index in [4.69, 9.17) is 0 Å². The lowest BCUT2D eigenvalue weighted by Crippen LogP contribution is -2.07. The van der Waals surface area contributed by atoms with E-state index in [1.165, 1.54) is 17.1 Å². The van der Waals surface area contributed by atoms with Gasteiger partial charge in [-0.1, -0.05) is 13.8 Å². The van der Waals surface area contributed by atoms with Crippen molar-refractivity contribution in [2.75, 3.05) is 11.9 Å². The number of tetrazole rings is 1. The summed E-state index contributed by atoms with van der Waals surface area (Å²) in [4.78, 5) is 0. The first-order valence-electron chi connectivity index (χ1n) is 5.93. The Kier molecular flexibility index (Phi) is 3.86. The van der Waals surface area contributed by atoms with Crippen molar-refractivity contribution in [3.63, 3.8) is 0 Å². The molecule has 6 heteroatoms. The highest BCUT2D eigenvalue weighted by Crippen LogP contribution is 2.18. The van der Waals surface area contributed by atoms with Gasteiger partial charge in [-0.25, -0.2) is 9.07 Å². The van der Waals surface area contributed by atoms with E-state index >= 15 is 0 Å². The number of nitrogens with zero attached hydrogens (tertiary/aromatic N) is 4. The molecule has 0 fully saturated rings. The third-order valence-corrected chi connectivity index (χ3v) is 2.60. The van der Waals surface area contributed by atoms with Gasteiger partial charge in [0.1, 0.15) is 12.1 Å².